The van der Waals surface area contributed by atoms with Gasteiger partial charge in [-0.15, -0.1) is 17.0 Å². The number of pyridine rings is 1. The Hall–Kier alpha value is -0.410. The van der Waals surface area contributed by atoms with E-state index in [1.165, 1.54) is 13.1 Å². The molecule has 0 spiro atoms. The summed E-state index contributed by atoms with van der Waals surface area (Å²) in [6.45, 7) is 1.49. The topological polar surface area (TPSA) is 30.0 Å². The number of ketones is 1. The number of carbonyl (C=O) groups is 1. The quantitative estimate of drug-likeness (QED) is 0.554. The predicted molar refractivity (Wildman–Crippen MR) is 49.6 cm³/mol. The van der Waals surface area contributed by atoms with Crippen molar-refractivity contribution < 1.29 is 4.79 Å². The normalized spacial score (nSPS) is 8.55. The fraction of sp³-hybridized carbons (Fsp3) is 0.143. The molecule has 0 saturated carbocycles. The summed E-state index contributed by atoms with van der Waals surface area (Å²) in [7, 11) is 0. The Morgan fingerprint density at radius 3 is 2.64 bits per heavy atom. The van der Waals surface area contributed by atoms with E-state index in [0.717, 1.165) is 0 Å². The molecule has 1 heterocycles. The molecule has 11 heavy (non-hydrogen) atoms. The van der Waals surface area contributed by atoms with Gasteiger partial charge in [-0.25, -0.2) is 4.98 Å². The van der Waals surface area contributed by atoms with Gasteiger partial charge in [0.15, 0.2) is 5.78 Å². The maximum Gasteiger partial charge on any atom is 0.159 e. The van der Waals surface area contributed by atoms with Crippen molar-refractivity contribution in [3.05, 3.63) is 29.0 Å². The van der Waals surface area contributed by atoms with Gasteiger partial charge in [0.05, 0.1) is 0 Å². The SMILES string of the molecule is Br.CC(=O)c1ccnc(Cl)c1. The summed E-state index contributed by atoms with van der Waals surface area (Å²) < 4.78 is 0. The van der Waals surface area contributed by atoms with Crippen molar-refractivity contribution in [2.45, 2.75) is 6.92 Å². The Morgan fingerprint density at radius 2 is 2.27 bits per heavy atom. The van der Waals surface area contributed by atoms with Gasteiger partial charge in [-0.05, 0) is 19.1 Å². The van der Waals surface area contributed by atoms with Crippen molar-refractivity contribution in [2.75, 3.05) is 0 Å². The molecule has 1 aromatic heterocycles. The molecule has 0 radical (unpaired) electrons. The van der Waals surface area contributed by atoms with E-state index >= 15 is 0 Å². The summed E-state index contributed by atoms with van der Waals surface area (Å²) in [6, 6.07) is 3.18. The number of Topliss-reactive ketones (excluding diaryl/α,β-unsaturated/α-hetero) is 1. The summed E-state index contributed by atoms with van der Waals surface area (Å²) in [4.78, 5) is 14.4. The number of hydrogen-bond acceptors (Lipinski definition) is 2. The largest absolute Gasteiger partial charge is 0.295 e. The van der Waals surface area contributed by atoms with Crippen molar-refractivity contribution in [1.29, 1.82) is 0 Å². The number of hydrogen-bond donors (Lipinski definition) is 0. The maximum absolute atomic E-state index is 10.7. The van der Waals surface area contributed by atoms with Crippen molar-refractivity contribution in [3.63, 3.8) is 0 Å². The molecule has 0 aliphatic rings. The minimum atomic E-state index is 0. The van der Waals surface area contributed by atoms with Gasteiger partial charge in [0.1, 0.15) is 5.15 Å². The molecule has 1 rings (SSSR count). The molecule has 60 valence electrons. The van der Waals surface area contributed by atoms with Crippen LogP contribution in [0.5, 0.6) is 0 Å². The van der Waals surface area contributed by atoms with Gasteiger partial charge < -0.3 is 0 Å². The lowest BCUT2D eigenvalue weighted by atomic mass is 10.2. The van der Waals surface area contributed by atoms with Crippen molar-refractivity contribution in [2.24, 2.45) is 0 Å². The summed E-state index contributed by atoms with van der Waals surface area (Å²) in [6.07, 6.45) is 1.51. The second kappa shape index (κ2) is 4.46. The molecule has 0 N–H and O–H groups in total. The van der Waals surface area contributed by atoms with Gasteiger partial charge in [0, 0.05) is 11.8 Å². The molecule has 0 unspecified atom stereocenters. The lowest BCUT2D eigenvalue weighted by molar-refractivity contribution is 0.101. The van der Waals surface area contributed by atoms with Crippen LogP contribution in [0.15, 0.2) is 18.3 Å². The molecule has 1 aromatic rings. The van der Waals surface area contributed by atoms with Crippen LogP contribution in [0.2, 0.25) is 5.15 Å². The van der Waals surface area contributed by atoms with Crippen molar-refractivity contribution >= 4 is 34.4 Å². The highest BCUT2D eigenvalue weighted by molar-refractivity contribution is 8.93. The molecular formula is C7H7BrClNO. The van der Waals surface area contributed by atoms with Gasteiger partial charge in [0.2, 0.25) is 0 Å². The van der Waals surface area contributed by atoms with E-state index < -0.39 is 0 Å². The first-order chi connectivity index (χ1) is 4.70. The van der Waals surface area contributed by atoms with Crippen LogP contribution in [0.25, 0.3) is 0 Å². The first-order valence-electron chi connectivity index (χ1n) is 2.82. The summed E-state index contributed by atoms with van der Waals surface area (Å²) >= 11 is 5.53. The summed E-state index contributed by atoms with van der Waals surface area (Å²) in [5.41, 5.74) is 0.597. The maximum atomic E-state index is 10.7. The lowest BCUT2D eigenvalue weighted by Gasteiger charge is -1.92. The molecule has 2 nitrogen and oxygen atoms in total. The smallest absolute Gasteiger partial charge is 0.159 e. The lowest BCUT2D eigenvalue weighted by Crippen LogP contribution is -1.91. The predicted octanol–water partition coefficient (Wildman–Crippen LogP) is 2.52. The molecular weight excluding hydrogens is 229 g/mol. The highest BCUT2D eigenvalue weighted by atomic mass is 79.9. The van der Waals surface area contributed by atoms with Gasteiger partial charge >= 0.3 is 0 Å². The van der Waals surface area contributed by atoms with Gasteiger partial charge in [0.25, 0.3) is 0 Å². The van der Waals surface area contributed by atoms with Crippen LogP contribution in [0.3, 0.4) is 0 Å². The standard InChI is InChI=1S/C7H6ClNO.BrH/c1-5(10)6-2-3-9-7(8)4-6;/h2-4H,1H3;1H. The summed E-state index contributed by atoms with van der Waals surface area (Å²) in [5, 5.41) is 0.354. The fourth-order valence-corrected chi connectivity index (χ4v) is 0.795. The van der Waals surface area contributed by atoms with Gasteiger partial charge in [-0.1, -0.05) is 11.6 Å². The number of carbonyl (C=O) groups excluding carboxylic acids is 1. The molecule has 0 aliphatic heterocycles. The second-order valence-corrected chi connectivity index (χ2v) is 2.31. The minimum absolute atomic E-state index is 0. The molecule has 0 aromatic carbocycles. The second-order valence-electron chi connectivity index (χ2n) is 1.92. The van der Waals surface area contributed by atoms with Crippen LogP contribution in [0, 0.1) is 0 Å². The highest BCUT2D eigenvalue weighted by Gasteiger charge is 1.97. The number of nitrogens with zero attached hydrogens (tertiary/aromatic N) is 1. The van der Waals surface area contributed by atoms with Crippen LogP contribution in [0.4, 0.5) is 0 Å². The van der Waals surface area contributed by atoms with E-state index in [-0.39, 0.29) is 22.8 Å². The van der Waals surface area contributed by atoms with Crippen LogP contribution in [0.1, 0.15) is 17.3 Å². The van der Waals surface area contributed by atoms with Crippen LogP contribution in [-0.4, -0.2) is 10.8 Å². The third-order valence-electron chi connectivity index (χ3n) is 1.13. The Morgan fingerprint density at radius 1 is 1.64 bits per heavy atom. The summed E-state index contributed by atoms with van der Waals surface area (Å²) in [5.74, 6) is 0.00398. The zero-order valence-corrected chi connectivity index (χ0v) is 8.34. The average Bonchev–Trinajstić information content (AvgIpc) is 1.88. The fourth-order valence-electron chi connectivity index (χ4n) is 0.621. The minimum Gasteiger partial charge on any atom is -0.295 e. The van der Waals surface area contributed by atoms with Gasteiger partial charge in [-0.2, -0.15) is 0 Å². The Labute approximate surface area is 80.4 Å². The first-order valence-corrected chi connectivity index (χ1v) is 3.20. The van der Waals surface area contributed by atoms with E-state index in [4.69, 9.17) is 11.6 Å². The van der Waals surface area contributed by atoms with E-state index in [1.54, 1.807) is 12.1 Å². The van der Waals surface area contributed by atoms with E-state index in [1.807, 2.05) is 0 Å². The van der Waals surface area contributed by atoms with Gasteiger partial charge in [-0.3, -0.25) is 4.79 Å². The zero-order valence-electron chi connectivity index (χ0n) is 5.87. The molecule has 0 fully saturated rings. The Kier molecular flexibility index (Phi) is 4.30. The van der Waals surface area contributed by atoms with Crippen molar-refractivity contribution in [3.8, 4) is 0 Å². The zero-order chi connectivity index (χ0) is 7.56. The van der Waals surface area contributed by atoms with Crippen molar-refractivity contribution in [1.82, 2.24) is 4.98 Å². The monoisotopic (exact) mass is 235 g/mol. The Bertz CT molecular complexity index is 264. The molecule has 0 bridgehead atoms. The third kappa shape index (κ3) is 2.99. The number of aromatic nitrogens is 1. The Balaban J connectivity index is 0.000001000. The average molecular weight is 236 g/mol. The first kappa shape index (κ1) is 10.6. The molecule has 0 amide bonds. The van der Waals surface area contributed by atoms with E-state index in [2.05, 4.69) is 4.98 Å². The third-order valence-corrected chi connectivity index (χ3v) is 1.34. The molecule has 0 aliphatic carbocycles. The molecule has 4 heteroatoms. The van der Waals surface area contributed by atoms with Crippen LogP contribution >= 0.6 is 28.6 Å². The molecule has 0 atom stereocenters. The number of halogens is 2. The highest BCUT2D eigenvalue weighted by Crippen LogP contribution is 2.06. The van der Waals surface area contributed by atoms with Crippen LogP contribution in [-0.2, 0) is 0 Å². The van der Waals surface area contributed by atoms with E-state index in [9.17, 15) is 4.79 Å². The van der Waals surface area contributed by atoms with E-state index in [0.29, 0.717) is 10.7 Å². The van der Waals surface area contributed by atoms with Crippen LogP contribution < -0.4 is 0 Å². The number of rotatable bonds is 1. The molecule has 0 saturated heterocycles.